The van der Waals surface area contributed by atoms with E-state index < -0.39 is 11.4 Å². The van der Waals surface area contributed by atoms with Crippen LogP contribution in [0.3, 0.4) is 0 Å². The van der Waals surface area contributed by atoms with Gasteiger partial charge in [-0.05, 0) is 13.8 Å². The Kier molecular flexibility index (Phi) is 3.38. The third-order valence-corrected chi connectivity index (χ3v) is 3.62. The Morgan fingerprint density at radius 1 is 1.22 bits per heavy atom. The molecule has 5 atom stereocenters. The number of hydrogen-bond donors (Lipinski definition) is 2. The summed E-state index contributed by atoms with van der Waals surface area (Å²) >= 11 is 0. The van der Waals surface area contributed by atoms with Crippen molar-refractivity contribution in [3.8, 4) is 0 Å². The van der Waals surface area contributed by atoms with Crippen molar-refractivity contribution in [3.05, 3.63) is 25.3 Å². The summed E-state index contributed by atoms with van der Waals surface area (Å²) in [7, 11) is 0. The molecule has 2 rings (SSSR count). The maximum Gasteiger partial charge on any atom is 0.164 e. The summed E-state index contributed by atoms with van der Waals surface area (Å²) in [5, 5.41) is 0. The average Bonchev–Trinajstić information content (AvgIpc) is 2.67. The highest BCUT2D eigenvalue weighted by Crippen LogP contribution is 2.42. The quantitative estimate of drug-likeness (QED) is 0.708. The summed E-state index contributed by atoms with van der Waals surface area (Å²) in [6, 6.07) is -0.325. The Balaban J connectivity index is 2.39. The molecule has 2 aliphatic rings. The summed E-state index contributed by atoms with van der Waals surface area (Å²) in [5.41, 5.74) is 11.2. The van der Waals surface area contributed by atoms with Crippen LogP contribution in [0.1, 0.15) is 13.8 Å². The van der Waals surface area contributed by atoms with Gasteiger partial charge in [0.15, 0.2) is 5.79 Å². The molecule has 102 valence electrons. The molecule has 2 aliphatic heterocycles. The lowest BCUT2D eigenvalue weighted by molar-refractivity contribution is -0.177. The largest absolute Gasteiger partial charge is 0.358 e. The van der Waals surface area contributed by atoms with Gasteiger partial charge in [-0.3, -0.25) is 0 Å². The van der Waals surface area contributed by atoms with Crippen LogP contribution in [0.25, 0.3) is 0 Å². The van der Waals surface area contributed by atoms with E-state index in [1.54, 1.807) is 12.2 Å². The smallest absolute Gasteiger partial charge is 0.164 e. The van der Waals surface area contributed by atoms with E-state index in [-0.39, 0.29) is 30.9 Å². The molecule has 0 saturated carbocycles. The molecule has 0 spiro atoms. The molecule has 0 aliphatic carbocycles. The first-order valence-electron chi connectivity index (χ1n) is 6.14. The maximum atomic E-state index is 6.15. The van der Waals surface area contributed by atoms with Crippen molar-refractivity contribution in [2.24, 2.45) is 11.5 Å². The molecule has 18 heavy (non-hydrogen) atoms. The fourth-order valence-corrected chi connectivity index (χ4v) is 2.65. The second-order valence-corrected chi connectivity index (χ2v) is 5.28. The monoisotopic (exact) mass is 254 g/mol. The Morgan fingerprint density at radius 2 is 1.89 bits per heavy atom. The molecule has 0 amide bonds. The van der Waals surface area contributed by atoms with Crippen molar-refractivity contribution in [1.29, 1.82) is 0 Å². The normalized spacial score (nSPS) is 46.4. The van der Waals surface area contributed by atoms with Crippen molar-refractivity contribution < 1.29 is 14.2 Å². The SMILES string of the molecule is C=CC1OC(C=C)(CN)[C@@H]2OC(C)(C)O[C@@H]2[C@@H]1N. The highest BCUT2D eigenvalue weighted by Gasteiger charge is 2.58. The van der Waals surface area contributed by atoms with Gasteiger partial charge in [0.25, 0.3) is 0 Å². The molecular weight excluding hydrogens is 232 g/mol. The highest BCUT2D eigenvalue weighted by atomic mass is 16.8. The van der Waals surface area contributed by atoms with Gasteiger partial charge in [-0.2, -0.15) is 0 Å². The zero-order valence-corrected chi connectivity index (χ0v) is 11.0. The molecule has 2 unspecified atom stereocenters. The minimum Gasteiger partial charge on any atom is -0.358 e. The van der Waals surface area contributed by atoms with E-state index in [2.05, 4.69) is 13.2 Å². The van der Waals surface area contributed by atoms with Crippen molar-refractivity contribution >= 4 is 0 Å². The minimum absolute atomic E-state index is 0.258. The molecule has 5 nitrogen and oxygen atoms in total. The molecule has 0 radical (unpaired) electrons. The predicted octanol–water partition coefficient (Wildman–Crippen LogP) is 0.302. The van der Waals surface area contributed by atoms with E-state index in [1.807, 2.05) is 13.8 Å². The van der Waals surface area contributed by atoms with Crippen LogP contribution in [0.2, 0.25) is 0 Å². The fourth-order valence-electron chi connectivity index (χ4n) is 2.65. The van der Waals surface area contributed by atoms with Crippen molar-refractivity contribution in [1.82, 2.24) is 0 Å². The van der Waals surface area contributed by atoms with Crippen LogP contribution >= 0.6 is 0 Å². The van der Waals surface area contributed by atoms with Crippen LogP contribution in [0, 0.1) is 0 Å². The topological polar surface area (TPSA) is 79.7 Å². The van der Waals surface area contributed by atoms with E-state index >= 15 is 0 Å². The molecular formula is C13H22N2O3. The maximum absolute atomic E-state index is 6.15. The molecule has 2 saturated heterocycles. The van der Waals surface area contributed by atoms with Crippen LogP contribution in [0.5, 0.6) is 0 Å². The van der Waals surface area contributed by atoms with Gasteiger partial charge < -0.3 is 25.7 Å². The molecule has 2 heterocycles. The predicted molar refractivity (Wildman–Crippen MR) is 68.9 cm³/mol. The molecule has 2 fully saturated rings. The number of nitrogens with two attached hydrogens (primary N) is 2. The molecule has 5 heteroatoms. The lowest BCUT2D eigenvalue weighted by atomic mass is 9.84. The van der Waals surface area contributed by atoms with Crippen LogP contribution in [-0.4, -0.2) is 42.3 Å². The number of fused-ring (bicyclic) bond motifs is 1. The third kappa shape index (κ3) is 1.92. The van der Waals surface area contributed by atoms with Crippen molar-refractivity contribution in [2.45, 2.75) is 49.6 Å². The zero-order chi connectivity index (χ0) is 13.6. The summed E-state index contributed by atoms with van der Waals surface area (Å²) in [6.07, 6.45) is 2.39. The zero-order valence-electron chi connectivity index (χ0n) is 11.0. The lowest BCUT2D eigenvalue weighted by Crippen LogP contribution is -2.66. The van der Waals surface area contributed by atoms with E-state index in [0.717, 1.165) is 0 Å². The second-order valence-electron chi connectivity index (χ2n) is 5.28. The van der Waals surface area contributed by atoms with Gasteiger partial charge in [0, 0.05) is 6.54 Å². The molecule has 4 N–H and O–H groups in total. The van der Waals surface area contributed by atoms with Gasteiger partial charge in [-0.1, -0.05) is 12.2 Å². The Bertz CT molecular complexity index is 358. The van der Waals surface area contributed by atoms with Gasteiger partial charge in [-0.15, -0.1) is 13.2 Å². The number of ether oxygens (including phenoxy) is 3. The standard InChI is InChI=1S/C13H22N2O3/c1-5-8-9(15)10-11(18-12(3,4)17-10)13(6-2,7-14)16-8/h5-6,8-11H,1-2,7,14-15H2,3-4H3/t8?,9-,10-,11-,13?/m1/s1. The highest BCUT2D eigenvalue weighted by molar-refractivity contribution is 5.17. The third-order valence-electron chi connectivity index (χ3n) is 3.62. The second kappa shape index (κ2) is 4.43. The Morgan fingerprint density at radius 3 is 2.39 bits per heavy atom. The van der Waals surface area contributed by atoms with Gasteiger partial charge in [-0.25, -0.2) is 0 Å². The number of hydrogen-bond acceptors (Lipinski definition) is 5. The van der Waals surface area contributed by atoms with Gasteiger partial charge in [0.05, 0.1) is 12.1 Å². The van der Waals surface area contributed by atoms with Gasteiger partial charge in [0.1, 0.15) is 17.8 Å². The Hall–Kier alpha value is -0.720. The van der Waals surface area contributed by atoms with Crippen molar-refractivity contribution in [3.63, 3.8) is 0 Å². The molecule has 0 bridgehead atoms. The van der Waals surface area contributed by atoms with Gasteiger partial charge in [0.2, 0.25) is 0 Å². The first-order chi connectivity index (χ1) is 8.39. The van der Waals surface area contributed by atoms with Crippen LogP contribution in [-0.2, 0) is 14.2 Å². The number of rotatable bonds is 3. The molecule has 0 aromatic carbocycles. The minimum atomic E-state index is -0.785. The molecule has 0 aromatic heterocycles. The van der Waals surface area contributed by atoms with Gasteiger partial charge >= 0.3 is 0 Å². The summed E-state index contributed by atoms with van der Waals surface area (Å²) < 4.78 is 17.7. The summed E-state index contributed by atoms with van der Waals surface area (Å²) in [6.45, 7) is 11.5. The first kappa shape index (κ1) is 13.7. The van der Waals surface area contributed by atoms with E-state index in [4.69, 9.17) is 25.7 Å². The van der Waals surface area contributed by atoms with Crippen LogP contribution in [0.15, 0.2) is 25.3 Å². The Labute approximate surface area is 108 Å². The summed E-state index contributed by atoms with van der Waals surface area (Å²) in [4.78, 5) is 0. The first-order valence-corrected chi connectivity index (χ1v) is 6.14. The molecule has 0 aromatic rings. The average molecular weight is 254 g/mol. The van der Waals surface area contributed by atoms with E-state index in [1.165, 1.54) is 0 Å². The summed E-state index contributed by atoms with van der Waals surface area (Å²) in [5.74, 6) is -0.699. The van der Waals surface area contributed by atoms with Crippen LogP contribution < -0.4 is 11.5 Å². The van der Waals surface area contributed by atoms with Crippen molar-refractivity contribution in [2.75, 3.05) is 6.54 Å². The van der Waals surface area contributed by atoms with E-state index in [0.29, 0.717) is 0 Å². The van der Waals surface area contributed by atoms with E-state index in [9.17, 15) is 0 Å². The fraction of sp³-hybridized carbons (Fsp3) is 0.692. The lowest BCUT2D eigenvalue weighted by Gasteiger charge is -2.46. The van der Waals surface area contributed by atoms with Crippen LogP contribution in [0.4, 0.5) is 0 Å².